The van der Waals surface area contributed by atoms with Crippen molar-refractivity contribution < 1.29 is 35.5 Å². The maximum absolute atomic E-state index is 15.3. The number of aromatic nitrogens is 3. The largest absolute Gasteiger partial charge is 0.435 e. The van der Waals surface area contributed by atoms with Crippen molar-refractivity contribution in [3.05, 3.63) is 79.3 Å². The van der Waals surface area contributed by atoms with E-state index in [0.29, 0.717) is 10.7 Å². The molecule has 2 aliphatic carbocycles. The lowest BCUT2D eigenvalue weighted by atomic mass is 9.87. The van der Waals surface area contributed by atoms with Gasteiger partial charge in [-0.3, -0.25) is 4.79 Å². The van der Waals surface area contributed by atoms with Gasteiger partial charge in [-0.2, -0.15) is 27.1 Å². The predicted molar refractivity (Wildman–Crippen MR) is 123 cm³/mol. The van der Waals surface area contributed by atoms with Gasteiger partial charge in [-0.25, -0.2) is 18.4 Å². The molecule has 0 radical (unpaired) electrons. The summed E-state index contributed by atoms with van der Waals surface area (Å²) in [7, 11) is 0. The maximum Gasteiger partial charge on any atom is 0.435 e. The Labute approximate surface area is 221 Å². The second kappa shape index (κ2) is 8.79. The quantitative estimate of drug-likeness (QED) is 0.248. The van der Waals surface area contributed by atoms with Crippen LogP contribution < -0.4 is 5.73 Å². The van der Waals surface area contributed by atoms with Gasteiger partial charge in [0.15, 0.2) is 5.69 Å². The average Bonchev–Trinajstić information content (AvgIpc) is 3.41. The third kappa shape index (κ3) is 4.45. The van der Waals surface area contributed by atoms with Crippen molar-refractivity contribution in [3.63, 3.8) is 0 Å². The van der Waals surface area contributed by atoms with Crippen LogP contribution in [0.3, 0.4) is 0 Å². The fourth-order valence-corrected chi connectivity index (χ4v) is 5.99. The van der Waals surface area contributed by atoms with Crippen LogP contribution in [0.4, 0.5) is 30.7 Å². The second-order valence-electron chi connectivity index (χ2n) is 9.06. The molecule has 5 rings (SSSR count). The third-order valence-electron chi connectivity index (χ3n) is 6.66. The van der Waals surface area contributed by atoms with E-state index >= 15 is 8.78 Å². The number of nitrogens with zero attached hydrogens (tertiary/aromatic N) is 3. The molecule has 1 unspecified atom stereocenters. The molecule has 0 aliphatic heterocycles. The molecule has 0 saturated heterocycles. The lowest BCUT2D eigenvalue weighted by Crippen LogP contribution is -2.37. The third-order valence-corrected chi connectivity index (χ3v) is 7.77. The zero-order valence-electron chi connectivity index (χ0n) is 18.3. The summed E-state index contributed by atoms with van der Waals surface area (Å²) in [5, 5.41) is 3.48. The minimum absolute atomic E-state index is 0.00289. The van der Waals surface area contributed by atoms with E-state index in [2.05, 4.69) is 41.9 Å². The summed E-state index contributed by atoms with van der Waals surface area (Å²) in [5.74, 6) is -10.6. The number of benzene rings is 1. The molecule has 1 saturated carbocycles. The number of hydrogen-bond acceptors (Lipinski definition) is 3. The number of nitrogens with two attached hydrogens (primary N) is 1. The van der Waals surface area contributed by atoms with Crippen LogP contribution in [0, 0.1) is 17.6 Å². The summed E-state index contributed by atoms with van der Waals surface area (Å²) in [6.07, 6.45) is -5.60. The molecule has 2 heterocycles. The fourth-order valence-electron chi connectivity index (χ4n) is 5.15. The number of rotatable bonds is 6. The van der Waals surface area contributed by atoms with E-state index in [1.165, 1.54) is 12.1 Å². The Kier molecular flexibility index (Phi) is 6.21. The van der Waals surface area contributed by atoms with E-state index in [4.69, 9.17) is 5.73 Å². The maximum atomic E-state index is 15.3. The first kappa shape index (κ1) is 26.1. The molecule has 37 heavy (non-hydrogen) atoms. The highest BCUT2D eigenvalue weighted by Crippen LogP contribution is 2.69. The molecule has 196 valence electrons. The number of alkyl halides is 5. The topological polar surface area (TPSA) is 73.8 Å². The molecule has 2 N–H and O–H groups in total. The Balaban J connectivity index is 1.74. The lowest BCUT2D eigenvalue weighted by Gasteiger charge is -2.28. The monoisotopic (exact) mass is 654 g/mol. The molecule has 1 fully saturated rings. The van der Waals surface area contributed by atoms with E-state index < -0.39 is 76.8 Å². The molecule has 1 aromatic carbocycles. The zero-order valence-corrected chi connectivity index (χ0v) is 21.5. The standard InChI is InChI=1S/C23H15Br2F7N4O/c24-14-1-2-15(25)34-17(14)12(5-8-3-9(26)6-10(27)4-8)18(21(33)37)36-20-16(19(35-36)23(30,31)32)11-7-13(11)22(20,28)29/h1-4,6,11-13,18H,5,7H2,(H2,33,37)/t11-,12+,13+,18?/m0/s1. The van der Waals surface area contributed by atoms with E-state index in [1.54, 1.807) is 0 Å². The van der Waals surface area contributed by atoms with Crippen molar-refractivity contribution in [3.8, 4) is 0 Å². The molecule has 0 bridgehead atoms. The SMILES string of the molecule is NC(=O)C([C@H](Cc1cc(F)cc(F)c1)c1nc(Br)ccc1Br)n1nc(C(F)(F)F)c2c1C(F)(F)[C@@H]1C[C@H]21. The number of carbonyl (C=O) groups excluding carboxylic acids is 1. The second-order valence-corrected chi connectivity index (χ2v) is 10.7. The van der Waals surface area contributed by atoms with Crippen molar-refractivity contribution in [1.29, 1.82) is 0 Å². The Morgan fingerprint density at radius 1 is 1.16 bits per heavy atom. The van der Waals surface area contributed by atoms with Crippen molar-refractivity contribution in [2.75, 3.05) is 0 Å². The van der Waals surface area contributed by atoms with Crippen LogP contribution in [-0.4, -0.2) is 20.7 Å². The van der Waals surface area contributed by atoms with Crippen LogP contribution >= 0.6 is 31.9 Å². The first-order valence-corrected chi connectivity index (χ1v) is 12.4. The molecular formula is C23H15Br2F7N4O. The highest BCUT2D eigenvalue weighted by molar-refractivity contribution is 9.11. The highest BCUT2D eigenvalue weighted by atomic mass is 79.9. The van der Waals surface area contributed by atoms with Gasteiger partial charge in [-0.1, -0.05) is 0 Å². The van der Waals surface area contributed by atoms with Crippen molar-refractivity contribution in [2.45, 2.75) is 42.8 Å². The highest BCUT2D eigenvalue weighted by Gasteiger charge is 2.69. The minimum Gasteiger partial charge on any atom is -0.368 e. The van der Waals surface area contributed by atoms with Gasteiger partial charge in [0, 0.05) is 27.9 Å². The Hall–Kier alpha value is -2.48. The zero-order chi connectivity index (χ0) is 27.0. The van der Waals surface area contributed by atoms with Gasteiger partial charge in [-0.05, 0) is 80.4 Å². The first-order chi connectivity index (χ1) is 17.2. The van der Waals surface area contributed by atoms with Gasteiger partial charge in [0.25, 0.3) is 5.92 Å². The van der Waals surface area contributed by atoms with Crippen LogP contribution in [0.2, 0.25) is 0 Å². The molecule has 5 nitrogen and oxygen atoms in total. The Bertz CT molecular complexity index is 1400. The molecule has 0 spiro atoms. The van der Waals surface area contributed by atoms with Crippen molar-refractivity contribution in [1.82, 2.24) is 14.8 Å². The smallest absolute Gasteiger partial charge is 0.368 e. The van der Waals surface area contributed by atoms with Gasteiger partial charge in [0.05, 0.1) is 5.69 Å². The number of amides is 1. The van der Waals surface area contributed by atoms with Gasteiger partial charge in [0.2, 0.25) is 5.91 Å². The number of pyridine rings is 1. The van der Waals surface area contributed by atoms with E-state index in [0.717, 1.165) is 12.1 Å². The van der Waals surface area contributed by atoms with Crippen molar-refractivity contribution in [2.24, 2.45) is 11.7 Å². The van der Waals surface area contributed by atoms with Crippen LogP contribution in [-0.2, 0) is 23.3 Å². The summed E-state index contributed by atoms with van der Waals surface area (Å²) in [4.78, 5) is 17.1. The molecule has 1 amide bonds. The van der Waals surface area contributed by atoms with Crippen LogP contribution in [0.25, 0.3) is 0 Å². The van der Waals surface area contributed by atoms with Crippen molar-refractivity contribution >= 4 is 37.8 Å². The number of halogens is 9. The van der Waals surface area contributed by atoms with Crippen LogP contribution in [0.1, 0.15) is 52.5 Å². The molecule has 14 heteroatoms. The predicted octanol–water partition coefficient (Wildman–Crippen LogP) is 6.36. The van der Waals surface area contributed by atoms with Gasteiger partial charge >= 0.3 is 6.18 Å². The number of primary amides is 1. The summed E-state index contributed by atoms with van der Waals surface area (Å²) in [5.41, 5.74) is 2.48. The van der Waals surface area contributed by atoms with Gasteiger partial charge in [0.1, 0.15) is 28.0 Å². The molecule has 3 aromatic rings. The molecule has 4 atom stereocenters. The van der Waals surface area contributed by atoms with E-state index in [9.17, 15) is 26.7 Å². The average molecular weight is 656 g/mol. The Morgan fingerprint density at radius 3 is 2.41 bits per heavy atom. The summed E-state index contributed by atoms with van der Waals surface area (Å²) in [6.45, 7) is 0. The number of fused-ring (bicyclic) bond motifs is 3. The Morgan fingerprint density at radius 2 is 1.81 bits per heavy atom. The van der Waals surface area contributed by atoms with E-state index in [-0.39, 0.29) is 26.8 Å². The summed E-state index contributed by atoms with van der Waals surface area (Å²) < 4.78 is 101. The van der Waals surface area contributed by atoms with Gasteiger partial charge < -0.3 is 5.73 Å². The fraction of sp³-hybridized carbons (Fsp3) is 0.348. The molecular weight excluding hydrogens is 641 g/mol. The number of carbonyl (C=O) groups is 1. The normalized spacial score (nSPS) is 21.3. The van der Waals surface area contributed by atoms with Crippen LogP contribution in [0.15, 0.2) is 39.4 Å². The first-order valence-electron chi connectivity index (χ1n) is 10.8. The van der Waals surface area contributed by atoms with E-state index in [1.807, 2.05) is 0 Å². The minimum atomic E-state index is -5.07. The van der Waals surface area contributed by atoms with Crippen LogP contribution in [0.5, 0.6) is 0 Å². The molecule has 2 aromatic heterocycles. The number of hydrogen-bond donors (Lipinski definition) is 1. The lowest BCUT2D eigenvalue weighted by molar-refractivity contribution is -0.142. The molecule has 2 aliphatic rings. The summed E-state index contributed by atoms with van der Waals surface area (Å²) >= 11 is 6.43. The summed E-state index contributed by atoms with van der Waals surface area (Å²) in [6, 6.07) is 3.64. The van der Waals surface area contributed by atoms with Gasteiger partial charge in [-0.15, -0.1) is 0 Å².